The van der Waals surface area contributed by atoms with E-state index in [1.54, 1.807) is 6.92 Å². The number of fused-ring (bicyclic) bond motifs is 1. The van der Waals surface area contributed by atoms with E-state index < -0.39 is 51.9 Å². The van der Waals surface area contributed by atoms with E-state index in [9.17, 15) is 31.2 Å². The first-order chi connectivity index (χ1) is 16.6. The van der Waals surface area contributed by atoms with E-state index in [0.717, 1.165) is 50.5 Å². The quantitative estimate of drug-likeness (QED) is 0.459. The average Bonchev–Trinajstić information content (AvgIpc) is 3.40. The van der Waals surface area contributed by atoms with Gasteiger partial charge in [0.15, 0.2) is 10.6 Å². The van der Waals surface area contributed by atoms with Crippen molar-refractivity contribution in [3.05, 3.63) is 58.7 Å². The highest BCUT2D eigenvalue weighted by Gasteiger charge is 2.39. The van der Waals surface area contributed by atoms with Gasteiger partial charge in [-0.05, 0) is 50.1 Å². The van der Waals surface area contributed by atoms with E-state index in [1.165, 1.54) is 0 Å². The lowest BCUT2D eigenvalue weighted by Gasteiger charge is -2.21. The van der Waals surface area contributed by atoms with Gasteiger partial charge >= 0.3 is 5.97 Å². The Morgan fingerprint density at radius 2 is 1.86 bits per heavy atom. The van der Waals surface area contributed by atoms with Gasteiger partial charge in [0.25, 0.3) is 5.91 Å². The Labute approximate surface area is 202 Å². The smallest absolute Gasteiger partial charge is 0.326 e. The number of rotatable bonds is 6. The summed E-state index contributed by atoms with van der Waals surface area (Å²) in [5, 5.41) is 0. The van der Waals surface area contributed by atoms with Crippen LogP contribution in [-0.2, 0) is 30.9 Å². The Bertz CT molecular complexity index is 1470. The molecule has 8 nitrogen and oxygen atoms in total. The van der Waals surface area contributed by atoms with Crippen molar-refractivity contribution in [2.45, 2.75) is 37.2 Å². The highest BCUT2D eigenvalue weighted by Crippen LogP contribution is 2.27. The van der Waals surface area contributed by atoms with E-state index in [4.69, 9.17) is 4.74 Å². The topological polar surface area (TPSA) is 98.0 Å². The monoisotopic (exact) mass is 527 g/mol. The number of thiazole rings is 1. The highest BCUT2D eigenvalue weighted by atomic mass is 32.2. The molecule has 1 fully saturated rings. The number of amides is 1. The maximum atomic E-state index is 14.6. The van der Waals surface area contributed by atoms with Gasteiger partial charge < -0.3 is 9.30 Å². The van der Waals surface area contributed by atoms with Gasteiger partial charge in [-0.15, -0.1) is 0 Å². The van der Waals surface area contributed by atoms with E-state index in [-0.39, 0.29) is 39.5 Å². The predicted molar refractivity (Wildman–Crippen MR) is 120 cm³/mol. The number of sulfonamides is 1. The Balaban J connectivity index is 1.75. The van der Waals surface area contributed by atoms with E-state index >= 15 is 0 Å². The fourth-order valence-electron chi connectivity index (χ4n) is 3.88. The lowest BCUT2D eigenvalue weighted by atomic mass is 10.2. The SMILES string of the molecule is CCOC(=O)Cn1c(=NC(=O)C2CCCN2S(=O)(=O)c2ccc(F)cc2)sc2cc(F)cc(F)c21. The number of halogens is 3. The zero-order chi connectivity index (χ0) is 25.3. The molecule has 1 saturated heterocycles. The molecule has 1 aliphatic heterocycles. The lowest BCUT2D eigenvalue weighted by Crippen LogP contribution is -2.40. The number of carbonyl (C=O) groups excluding carboxylic acids is 2. The van der Waals surface area contributed by atoms with Crippen LogP contribution in [0.1, 0.15) is 19.8 Å². The van der Waals surface area contributed by atoms with E-state index in [2.05, 4.69) is 4.99 Å². The standard InChI is InChI=1S/C22H20F3N3O5S2/c1-2-33-19(29)12-27-20-16(25)10-14(24)11-18(20)34-22(27)26-21(30)17-4-3-9-28(17)35(31,32)15-7-5-13(23)6-8-15/h5-8,10-11,17H,2-4,9,12H2,1H3. The minimum absolute atomic E-state index is 0.0563. The summed E-state index contributed by atoms with van der Waals surface area (Å²) in [7, 11) is -4.12. The molecule has 13 heteroatoms. The Hall–Kier alpha value is -3.03. The van der Waals surface area contributed by atoms with Crippen LogP contribution in [0.4, 0.5) is 13.2 Å². The number of benzene rings is 2. The summed E-state index contributed by atoms with van der Waals surface area (Å²) in [5.41, 5.74) is -0.127. The first-order valence-electron chi connectivity index (χ1n) is 10.6. The first-order valence-corrected chi connectivity index (χ1v) is 12.9. The second-order valence-corrected chi connectivity index (χ2v) is 10.6. The van der Waals surface area contributed by atoms with Gasteiger partial charge in [-0.1, -0.05) is 11.3 Å². The first kappa shape index (κ1) is 25.1. The third-order valence-corrected chi connectivity index (χ3v) is 8.35. The second-order valence-electron chi connectivity index (χ2n) is 7.69. The van der Waals surface area contributed by atoms with Gasteiger partial charge in [-0.2, -0.15) is 9.30 Å². The van der Waals surface area contributed by atoms with E-state index in [0.29, 0.717) is 12.5 Å². The van der Waals surface area contributed by atoms with Crippen LogP contribution < -0.4 is 4.80 Å². The Morgan fingerprint density at radius 1 is 1.14 bits per heavy atom. The second kappa shape index (κ2) is 9.91. The molecule has 1 amide bonds. The molecule has 1 atom stereocenters. The van der Waals surface area contributed by atoms with Gasteiger partial charge in [-0.25, -0.2) is 21.6 Å². The third kappa shape index (κ3) is 5.02. The van der Waals surface area contributed by atoms with Crippen molar-refractivity contribution in [1.82, 2.24) is 8.87 Å². The molecule has 0 saturated carbocycles. The van der Waals surface area contributed by atoms with Gasteiger partial charge in [0.2, 0.25) is 10.0 Å². The Morgan fingerprint density at radius 3 is 2.54 bits per heavy atom. The zero-order valence-corrected chi connectivity index (χ0v) is 20.0. The summed E-state index contributed by atoms with van der Waals surface area (Å²) in [6.45, 7) is 1.24. The number of aromatic nitrogens is 1. The van der Waals surface area contributed by atoms with Crippen molar-refractivity contribution >= 4 is 43.5 Å². The normalized spacial score (nSPS) is 17.3. The molecule has 2 heterocycles. The molecule has 1 aliphatic rings. The molecule has 35 heavy (non-hydrogen) atoms. The molecule has 2 aromatic carbocycles. The number of ether oxygens (including phenoxy) is 1. The molecule has 0 aliphatic carbocycles. The van der Waals surface area contributed by atoms with Gasteiger partial charge in [-0.3, -0.25) is 9.59 Å². The van der Waals surface area contributed by atoms with Crippen LogP contribution in [0.2, 0.25) is 0 Å². The van der Waals surface area contributed by atoms with Crippen molar-refractivity contribution < 1.29 is 35.9 Å². The van der Waals surface area contributed by atoms with Crippen LogP contribution in [0.5, 0.6) is 0 Å². The summed E-state index contributed by atoms with van der Waals surface area (Å²) in [6.07, 6.45) is 0.579. The van der Waals surface area contributed by atoms with Crippen molar-refractivity contribution in [3.63, 3.8) is 0 Å². The van der Waals surface area contributed by atoms with Crippen LogP contribution in [0, 0.1) is 17.5 Å². The minimum atomic E-state index is -4.12. The molecule has 0 N–H and O–H groups in total. The highest BCUT2D eigenvalue weighted by molar-refractivity contribution is 7.89. The number of hydrogen-bond donors (Lipinski definition) is 0. The third-order valence-electron chi connectivity index (χ3n) is 5.40. The zero-order valence-electron chi connectivity index (χ0n) is 18.4. The number of hydrogen-bond acceptors (Lipinski definition) is 6. The van der Waals surface area contributed by atoms with Gasteiger partial charge in [0, 0.05) is 12.6 Å². The molecule has 1 aromatic heterocycles. The van der Waals surface area contributed by atoms with E-state index in [1.807, 2.05) is 0 Å². The predicted octanol–water partition coefficient (Wildman–Crippen LogP) is 2.96. The van der Waals surface area contributed by atoms with Crippen LogP contribution in [0.3, 0.4) is 0 Å². The van der Waals surface area contributed by atoms with Crippen molar-refractivity contribution in [1.29, 1.82) is 0 Å². The van der Waals surface area contributed by atoms with Crippen molar-refractivity contribution in [2.24, 2.45) is 4.99 Å². The van der Waals surface area contributed by atoms with Crippen LogP contribution >= 0.6 is 11.3 Å². The summed E-state index contributed by atoms with van der Waals surface area (Å²) in [6, 6.07) is 4.79. The fourth-order valence-corrected chi connectivity index (χ4v) is 6.61. The molecule has 1 unspecified atom stereocenters. The Kier molecular flexibility index (Phi) is 7.10. The maximum Gasteiger partial charge on any atom is 0.326 e. The molecule has 0 spiro atoms. The lowest BCUT2D eigenvalue weighted by molar-refractivity contribution is -0.143. The molecular formula is C22H20F3N3O5S2. The fraction of sp³-hybridized carbons (Fsp3) is 0.318. The number of esters is 1. The summed E-state index contributed by atoms with van der Waals surface area (Å²) in [5.74, 6) is -3.93. The number of carbonyl (C=O) groups is 2. The van der Waals surface area contributed by atoms with Gasteiger partial charge in [0.05, 0.1) is 21.7 Å². The van der Waals surface area contributed by atoms with Crippen LogP contribution in [0.15, 0.2) is 46.3 Å². The molecule has 3 aromatic rings. The molecule has 0 bridgehead atoms. The summed E-state index contributed by atoms with van der Waals surface area (Å²) < 4.78 is 74.9. The summed E-state index contributed by atoms with van der Waals surface area (Å²) in [4.78, 5) is 29.0. The average molecular weight is 528 g/mol. The summed E-state index contributed by atoms with van der Waals surface area (Å²) >= 11 is 0.784. The van der Waals surface area contributed by atoms with Crippen molar-refractivity contribution in [3.8, 4) is 0 Å². The molecule has 0 radical (unpaired) electrons. The van der Waals surface area contributed by atoms with Crippen molar-refractivity contribution in [2.75, 3.05) is 13.2 Å². The van der Waals surface area contributed by atoms with Gasteiger partial charge in [0.1, 0.15) is 24.2 Å². The minimum Gasteiger partial charge on any atom is -0.465 e. The molecule has 4 rings (SSSR count). The molecule has 186 valence electrons. The van der Waals surface area contributed by atoms with Crippen LogP contribution in [-0.4, -0.2) is 48.4 Å². The number of nitrogens with zero attached hydrogens (tertiary/aromatic N) is 3. The molecular weight excluding hydrogens is 507 g/mol. The largest absolute Gasteiger partial charge is 0.465 e. The van der Waals surface area contributed by atoms with Crippen LogP contribution in [0.25, 0.3) is 10.2 Å². The maximum absolute atomic E-state index is 14.6.